The molecule has 0 fully saturated rings. The van der Waals surface area contributed by atoms with Crippen LogP contribution in [-0.4, -0.2) is 6.04 Å². The van der Waals surface area contributed by atoms with E-state index in [1.807, 2.05) is 12.1 Å². The van der Waals surface area contributed by atoms with Gasteiger partial charge < -0.3 is 4.42 Å². The molecule has 1 unspecified atom stereocenters. The summed E-state index contributed by atoms with van der Waals surface area (Å²) in [6.45, 7) is 0. The van der Waals surface area contributed by atoms with Crippen LogP contribution < -0.4 is 11.3 Å². The summed E-state index contributed by atoms with van der Waals surface area (Å²) in [5, 5.41) is 0. The van der Waals surface area contributed by atoms with Crippen molar-refractivity contribution in [3.05, 3.63) is 60.1 Å². The Morgan fingerprint density at radius 2 is 1.84 bits per heavy atom. The van der Waals surface area contributed by atoms with Crippen molar-refractivity contribution in [3.8, 4) is 0 Å². The zero-order chi connectivity index (χ0) is 13.3. The van der Waals surface area contributed by atoms with Crippen molar-refractivity contribution in [3.63, 3.8) is 0 Å². The maximum atomic E-state index is 5.61. The van der Waals surface area contributed by atoms with Gasteiger partial charge >= 0.3 is 0 Å². The van der Waals surface area contributed by atoms with Crippen LogP contribution in [0, 0.1) is 0 Å². The Morgan fingerprint density at radius 1 is 1.00 bits per heavy atom. The smallest absolute Gasteiger partial charge is 0.103 e. The molecule has 3 heteroatoms. The first-order chi connectivity index (χ1) is 9.38. The van der Waals surface area contributed by atoms with Crippen LogP contribution in [0.25, 0.3) is 0 Å². The van der Waals surface area contributed by atoms with Crippen LogP contribution in [0.1, 0.15) is 30.6 Å². The van der Waals surface area contributed by atoms with Crippen LogP contribution in [0.15, 0.2) is 53.1 Å². The van der Waals surface area contributed by atoms with E-state index in [4.69, 9.17) is 10.3 Å². The lowest BCUT2D eigenvalue weighted by molar-refractivity contribution is 0.424. The lowest BCUT2D eigenvalue weighted by Crippen LogP contribution is -2.35. The molecule has 3 nitrogen and oxygen atoms in total. The zero-order valence-corrected chi connectivity index (χ0v) is 11.2. The largest absolute Gasteiger partial charge is 0.469 e. The predicted octanol–water partition coefficient (Wildman–Crippen LogP) is 3.07. The molecule has 19 heavy (non-hydrogen) atoms. The molecule has 102 valence electrons. The molecule has 0 radical (unpaired) electrons. The first-order valence-electron chi connectivity index (χ1n) is 6.91. The first-order valence-corrected chi connectivity index (χ1v) is 6.91. The summed E-state index contributed by atoms with van der Waals surface area (Å²) in [6, 6.07) is 14.9. The van der Waals surface area contributed by atoms with E-state index in [1.165, 1.54) is 5.56 Å². The minimum absolute atomic E-state index is 0.355. The van der Waals surface area contributed by atoms with E-state index in [0.717, 1.165) is 37.9 Å². The SMILES string of the molecule is NNC(CCCc1ccccc1)CCc1ccco1. The second kappa shape index (κ2) is 7.77. The molecule has 0 saturated carbocycles. The van der Waals surface area contributed by atoms with Crippen LogP contribution >= 0.6 is 0 Å². The molecule has 0 saturated heterocycles. The maximum Gasteiger partial charge on any atom is 0.103 e. The van der Waals surface area contributed by atoms with Gasteiger partial charge in [0.15, 0.2) is 0 Å². The topological polar surface area (TPSA) is 51.2 Å². The van der Waals surface area contributed by atoms with Crippen LogP contribution in [0.2, 0.25) is 0 Å². The molecule has 1 aromatic carbocycles. The molecule has 1 atom stereocenters. The molecule has 0 bridgehead atoms. The van der Waals surface area contributed by atoms with Gasteiger partial charge in [-0.1, -0.05) is 30.3 Å². The van der Waals surface area contributed by atoms with Crippen molar-refractivity contribution >= 4 is 0 Å². The Kier molecular flexibility index (Phi) is 5.66. The van der Waals surface area contributed by atoms with Crippen LogP contribution in [0.4, 0.5) is 0 Å². The number of furan rings is 1. The van der Waals surface area contributed by atoms with Crippen molar-refractivity contribution in [1.29, 1.82) is 0 Å². The summed E-state index contributed by atoms with van der Waals surface area (Å²) < 4.78 is 5.33. The second-order valence-electron chi connectivity index (χ2n) is 4.86. The quantitative estimate of drug-likeness (QED) is 0.565. The predicted molar refractivity (Wildman–Crippen MR) is 77.5 cm³/mol. The van der Waals surface area contributed by atoms with Crippen molar-refractivity contribution in [2.75, 3.05) is 0 Å². The van der Waals surface area contributed by atoms with Crippen molar-refractivity contribution < 1.29 is 4.42 Å². The van der Waals surface area contributed by atoms with Gasteiger partial charge in [0.2, 0.25) is 0 Å². The fourth-order valence-corrected chi connectivity index (χ4v) is 2.28. The number of nitrogens with two attached hydrogens (primary N) is 1. The van der Waals surface area contributed by atoms with Gasteiger partial charge in [0, 0.05) is 12.5 Å². The summed E-state index contributed by atoms with van der Waals surface area (Å²) in [5.41, 5.74) is 4.30. The maximum absolute atomic E-state index is 5.61. The average molecular weight is 258 g/mol. The first kappa shape index (κ1) is 13.8. The molecule has 0 spiro atoms. The van der Waals surface area contributed by atoms with Gasteiger partial charge in [0.25, 0.3) is 0 Å². The van der Waals surface area contributed by atoms with Crippen LogP contribution in [-0.2, 0) is 12.8 Å². The van der Waals surface area contributed by atoms with Crippen molar-refractivity contribution in [2.24, 2.45) is 5.84 Å². The van der Waals surface area contributed by atoms with E-state index in [1.54, 1.807) is 6.26 Å². The fraction of sp³-hybridized carbons (Fsp3) is 0.375. The number of nitrogens with one attached hydrogen (secondary N) is 1. The molecular formula is C16H22N2O. The van der Waals surface area contributed by atoms with Gasteiger partial charge in [-0.2, -0.15) is 0 Å². The van der Waals surface area contributed by atoms with E-state index >= 15 is 0 Å². The highest BCUT2D eigenvalue weighted by Gasteiger charge is 2.07. The van der Waals surface area contributed by atoms with E-state index in [0.29, 0.717) is 6.04 Å². The zero-order valence-electron chi connectivity index (χ0n) is 11.2. The highest BCUT2D eigenvalue weighted by molar-refractivity contribution is 5.14. The molecular weight excluding hydrogens is 236 g/mol. The molecule has 2 aromatic rings. The monoisotopic (exact) mass is 258 g/mol. The Balaban J connectivity index is 1.67. The molecule has 1 aromatic heterocycles. The van der Waals surface area contributed by atoms with E-state index in [-0.39, 0.29) is 0 Å². The van der Waals surface area contributed by atoms with Crippen molar-refractivity contribution in [1.82, 2.24) is 5.43 Å². The lowest BCUT2D eigenvalue weighted by Gasteiger charge is -2.14. The molecule has 0 aliphatic carbocycles. The molecule has 2 rings (SSSR count). The number of hydrogen-bond acceptors (Lipinski definition) is 3. The summed E-state index contributed by atoms with van der Waals surface area (Å²) in [4.78, 5) is 0. The minimum Gasteiger partial charge on any atom is -0.469 e. The third kappa shape index (κ3) is 4.89. The highest BCUT2D eigenvalue weighted by Crippen LogP contribution is 2.11. The standard InChI is InChI=1S/C16H22N2O/c17-18-15(11-12-16-10-5-13-19-16)9-4-8-14-6-2-1-3-7-14/h1-3,5-7,10,13,15,18H,4,8-9,11-12,17H2. The minimum atomic E-state index is 0.355. The van der Waals surface area contributed by atoms with Crippen LogP contribution in [0.5, 0.6) is 0 Å². The van der Waals surface area contributed by atoms with Crippen molar-refractivity contribution in [2.45, 2.75) is 38.1 Å². The third-order valence-corrected chi connectivity index (χ3v) is 3.42. The molecule has 0 aliphatic heterocycles. The fourth-order valence-electron chi connectivity index (χ4n) is 2.28. The van der Waals surface area contributed by atoms with Gasteiger partial charge in [-0.05, 0) is 43.4 Å². The average Bonchev–Trinajstić information content (AvgIpc) is 2.97. The summed E-state index contributed by atoms with van der Waals surface area (Å²) in [7, 11) is 0. The van der Waals surface area contributed by atoms with Crippen LogP contribution in [0.3, 0.4) is 0 Å². The Hall–Kier alpha value is -1.58. The van der Waals surface area contributed by atoms with Gasteiger partial charge in [-0.25, -0.2) is 0 Å². The molecule has 1 heterocycles. The number of rotatable bonds is 8. The lowest BCUT2D eigenvalue weighted by atomic mass is 10.0. The normalized spacial score (nSPS) is 12.5. The molecule has 3 N–H and O–H groups in total. The van der Waals surface area contributed by atoms with Gasteiger partial charge in [0.05, 0.1) is 6.26 Å². The number of hydrazine groups is 1. The van der Waals surface area contributed by atoms with E-state index < -0.39 is 0 Å². The van der Waals surface area contributed by atoms with E-state index in [9.17, 15) is 0 Å². The number of benzene rings is 1. The van der Waals surface area contributed by atoms with E-state index in [2.05, 4.69) is 35.8 Å². The Labute approximate surface area is 114 Å². The number of hydrogen-bond donors (Lipinski definition) is 2. The summed E-state index contributed by atoms with van der Waals surface area (Å²) >= 11 is 0. The van der Waals surface area contributed by atoms with Gasteiger partial charge in [-0.3, -0.25) is 11.3 Å². The highest BCUT2D eigenvalue weighted by atomic mass is 16.3. The third-order valence-electron chi connectivity index (χ3n) is 3.42. The summed E-state index contributed by atoms with van der Waals surface area (Å²) in [6.07, 6.45) is 7.02. The molecule has 0 amide bonds. The van der Waals surface area contributed by atoms with Gasteiger partial charge in [-0.15, -0.1) is 0 Å². The summed E-state index contributed by atoms with van der Waals surface area (Å²) in [5.74, 6) is 6.64. The second-order valence-corrected chi connectivity index (χ2v) is 4.86. The molecule has 0 aliphatic rings. The number of aryl methyl sites for hydroxylation is 2. The Morgan fingerprint density at radius 3 is 2.53 bits per heavy atom. The Bertz CT molecular complexity index is 439. The van der Waals surface area contributed by atoms with Gasteiger partial charge in [0.1, 0.15) is 5.76 Å².